The second-order valence-corrected chi connectivity index (χ2v) is 7.84. The van der Waals surface area contributed by atoms with Gasteiger partial charge in [0.15, 0.2) is 0 Å². The Morgan fingerprint density at radius 2 is 1.49 bits per heavy atom. The maximum Gasteiger partial charge on any atom is 0.262 e. The predicted octanol–water partition coefficient (Wildman–Crippen LogP) is 6.18. The molecule has 0 N–H and O–H groups in total. The van der Waals surface area contributed by atoms with Crippen molar-refractivity contribution in [1.82, 2.24) is 0 Å². The largest absolute Gasteiger partial charge is 0.378 e. The Balaban J connectivity index is 0.000000260. The standard InChI is InChI=1S/C16H17N3.C14H13N3O/c1-4-19(5-2)16-11-9-14(10-12-16)7-6-8-15(13-17)18-3;1-16-13(11-15)10-12-2-4-14(5-3-12)17-6-8-18-9-7-17/h6-12H,4-5H2,1-2H3;2-5,10H,6-9H2/b7-6+,15-8-;13-10-. The molecule has 7 nitrogen and oxygen atoms in total. The lowest BCUT2D eigenvalue weighted by Gasteiger charge is -2.28. The van der Waals surface area contributed by atoms with Crippen LogP contribution in [-0.2, 0) is 4.74 Å². The van der Waals surface area contributed by atoms with E-state index in [-0.39, 0.29) is 11.4 Å². The lowest BCUT2D eigenvalue weighted by Crippen LogP contribution is -2.36. The molecule has 0 spiro atoms. The van der Waals surface area contributed by atoms with Gasteiger partial charge in [0.05, 0.1) is 38.5 Å². The number of ether oxygens (including phenoxy) is 1. The van der Waals surface area contributed by atoms with Crippen molar-refractivity contribution in [3.05, 3.63) is 106 Å². The molecule has 186 valence electrons. The number of nitriles is 2. The summed E-state index contributed by atoms with van der Waals surface area (Å²) in [4.78, 5) is 10.8. The molecule has 1 heterocycles. The monoisotopic (exact) mass is 490 g/mol. The summed E-state index contributed by atoms with van der Waals surface area (Å²) in [5, 5.41) is 17.3. The van der Waals surface area contributed by atoms with Gasteiger partial charge in [-0.1, -0.05) is 36.4 Å². The zero-order valence-electron chi connectivity index (χ0n) is 21.3. The van der Waals surface area contributed by atoms with Crippen LogP contribution in [0.25, 0.3) is 21.8 Å². The first-order valence-corrected chi connectivity index (χ1v) is 12.0. The van der Waals surface area contributed by atoms with Crippen LogP contribution in [0.2, 0.25) is 0 Å². The number of morpholine rings is 1. The SMILES string of the molecule is [C-]#[N+]/C(C#N)=C\C=C\c1ccc(N(CC)CC)cc1.[C-]#[N+]/C(C#N)=C\c1ccc(N2CCOCC2)cc1. The smallest absolute Gasteiger partial charge is 0.262 e. The number of hydrogen-bond acceptors (Lipinski definition) is 5. The topological polar surface area (TPSA) is 72.0 Å². The molecule has 1 saturated heterocycles. The van der Waals surface area contributed by atoms with Gasteiger partial charge in [-0.15, -0.1) is 0 Å². The molecule has 1 aliphatic rings. The van der Waals surface area contributed by atoms with Crippen molar-refractivity contribution < 1.29 is 4.74 Å². The molecule has 1 aliphatic heterocycles. The molecule has 1 fully saturated rings. The van der Waals surface area contributed by atoms with Crippen LogP contribution in [0.15, 0.2) is 72.1 Å². The normalized spacial score (nSPS) is 13.4. The van der Waals surface area contributed by atoms with Crippen LogP contribution < -0.4 is 9.80 Å². The van der Waals surface area contributed by atoms with Crippen molar-refractivity contribution in [2.45, 2.75) is 13.8 Å². The van der Waals surface area contributed by atoms with Crippen LogP contribution in [0.5, 0.6) is 0 Å². The molecule has 0 unspecified atom stereocenters. The van der Waals surface area contributed by atoms with Crippen molar-refractivity contribution in [2.24, 2.45) is 0 Å². The van der Waals surface area contributed by atoms with E-state index in [1.807, 2.05) is 54.6 Å². The molecule has 0 bridgehead atoms. The average Bonchev–Trinajstić information content (AvgIpc) is 2.96. The first-order chi connectivity index (χ1) is 18.1. The van der Waals surface area contributed by atoms with Gasteiger partial charge in [-0.2, -0.15) is 0 Å². The van der Waals surface area contributed by atoms with E-state index in [0.717, 1.165) is 56.2 Å². The lowest BCUT2D eigenvalue weighted by molar-refractivity contribution is 0.122. The van der Waals surface area contributed by atoms with Crippen molar-refractivity contribution in [3.63, 3.8) is 0 Å². The number of nitrogens with zero attached hydrogens (tertiary/aromatic N) is 6. The van der Waals surface area contributed by atoms with Crippen molar-refractivity contribution in [2.75, 3.05) is 49.2 Å². The van der Waals surface area contributed by atoms with Gasteiger partial charge >= 0.3 is 0 Å². The van der Waals surface area contributed by atoms with Gasteiger partial charge in [-0.3, -0.25) is 0 Å². The molecular weight excluding hydrogens is 460 g/mol. The molecule has 3 rings (SSSR count). The van der Waals surface area contributed by atoms with Gasteiger partial charge < -0.3 is 14.5 Å². The Morgan fingerprint density at radius 3 is 2.00 bits per heavy atom. The minimum atomic E-state index is 0.0935. The van der Waals surface area contributed by atoms with E-state index in [1.54, 1.807) is 12.2 Å². The molecule has 0 atom stereocenters. The number of rotatable bonds is 7. The Labute approximate surface area is 220 Å². The average molecular weight is 491 g/mol. The molecule has 0 amide bonds. The third-order valence-electron chi connectivity index (χ3n) is 5.61. The van der Waals surface area contributed by atoms with E-state index in [4.69, 9.17) is 28.4 Å². The predicted molar refractivity (Wildman–Crippen MR) is 149 cm³/mol. The minimum absolute atomic E-state index is 0.0935. The Kier molecular flexibility index (Phi) is 12.3. The molecule has 7 heteroatoms. The highest BCUT2D eigenvalue weighted by Crippen LogP contribution is 2.18. The summed E-state index contributed by atoms with van der Waals surface area (Å²) in [6.45, 7) is 23.2. The molecule has 2 aromatic carbocycles. The summed E-state index contributed by atoms with van der Waals surface area (Å²) >= 11 is 0. The van der Waals surface area contributed by atoms with Gasteiger partial charge in [-0.05, 0) is 61.4 Å². The summed E-state index contributed by atoms with van der Waals surface area (Å²) in [5.74, 6) is 0. The second-order valence-electron chi connectivity index (χ2n) is 7.84. The Hall–Kier alpha value is -4.82. The fraction of sp³-hybridized carbons (Fsp3) is 0.267. The van der Waals surface area contributed by atoms with Crippen molar-refractivity contribution in [1.29, 1.82) is 10.5 Å². The summed E-state index contributed by atoms with van der Waals surface area (Å²) < 4.78 is 5.31. The number of anilines is 2. The third kappa shape index (κ3) is 9.39. The second kappa shape index (κ2) is 16.0. The van der Waals surface area contributed by atoms with Crippen LogP contribution in [0, 0.1) is 35.8 Å². The highest BCUT2D eigenvalue weighted by molar-refractivity contribution is 5.62. The van der Waals surface area contributed by atoms with Crippen LogP contribution in [0.3, 0.4) is 0 Å². The Bertz CT molecular complexity index is 1220. The van der Waals surface area contributed by atoms with E-state index >= 15 is 0 Å². The van der Waals surface area contributed by atoms with Gasteiger partial charge in [-0.25, -0.2) is 20.2 Å². The summed E-state index contributed by atoms with van der Waals surface area (Å²) in [6, 6.07) is 19.8. The fourth-order valence-electron chi connectivity index (χ4n) is 3.59. The Morgan fingerprint density at radius 1 is 0.919 bits per heavy atom. The lowest BCUT2D eigenvalue weighted by atomic mass is 10.1. The van der Waals surface area contributed by atoms with Gasteiger partial charge in [0.2, 0.25) is 0 Å². The van der Waals surface area contributed by atoms with E-state index in [9.17, 15) is 0 Å². The van der Waals surface area contributed by atoms with Crippen molar-refractivity contribution in [3.8, 4) is 12.1 Å². The van der Waals surface area contributed by atoms with E-state index in [0.29, 0.717) is 0 Å². The van der Waals surface area contributed by atoms with Gasteiger partial charge in [0.25, 0.3) is 11.4 Å². The summed E-state index contributed by atoms with van der Waals surface area (Å²) in [5.41, 5.74) is 4.48. The summed E-state index contributed by atoms with van der Waals surface area (Å²) in [7, 11) is 0. The first kappa shape index (κ1) is 28.4. The summed E-state index contributed by atoms with van der Waals surface area (Å²) in [6.07, 6.45) is 6.72. The van der Waals surface area contributed by atoms with Crippen LogP contribution in [-0.4, -0.2) is 39.4 Å². The molecule has 0 aromatic heterocycles. The van der Waals surface area contributed by atoms with E-state index < -0.39 is 0 Å². The maximum atomic E-state index is 8.69. The number of benzene rings is 2. The zero-order valence-corrected chi connectivity index (χ0v) is 21.3. The van der Waals surface area contributed by atoms with Crippen LogP contribution in [0.1, 0.15) is 25.0 Å². The zero-order chi connectivity index (χ0) is 26.9. The molecular formula is C30H30N6O. The molecule has 37 heavy (non-hydrogen) atoms. The van der Waals surface area contributed by atoms with Crippen molar-refractivity contribution >= 4 is 23.5 Å². The molecule has 0 aliphatic carbocycles. The van der Waals surface area contributed by atoms with Gasteiger partial charge in [0.1, 0.15) is 0 Å². The number of hydrogen-bond donors (Lipinski definition) is 0. The molecule has 2 aromatic rings. The first-order valence-electron chi connectivity index (χ1n) is 12.0. The highest BCUT2D eigenvalue weighted by atomic mass is 16.5. The number of allylic oxidation sites excluding steroid dienone is 4. The highest BCUT2D eigenvalue weighted by Gasteiger charge is 2.10. The minimum Gasteiger partial charge on any atom is -0.378 e. The molecule has 0 saturated carbocycles. The van der Waals surface area contributed by atoms with E-state index in [2.05, 4.69) is 45.5 Å². The third-order valence-corrected chi connectivity index (χ3v) is 5.61. The van der Waals surface area contributed by atoms with E-state index in [1.165, 1.54) is 11.8 Å². The molecule has 0 radical (unpaired) electrons. The quantitative estimate of drug-likeness (QED) is 0.263. The van der Waals surface area contributed by atoms with Crippen LogP contribution in [0.4, 0.5) is 11.4 Å². The fourth-order valence-corrected chi connectivity index (χ4v) is 3.59. The van der Waals surface area contributed by atoms with Crippen LogP contribution >= 0.6 is 0 Å². The van der Waals surface area contributed by atoms with Gasteiger partial charge in [0, 0.05) is 37.6 Å². The maximum absolute atomic E-state index is 8.69.